The number of Topliss-reactive ketones (excluding diaryl/α,β-unsaturated/α-hetero) is 1. The van der Waals surface area contributed by atoms with Gasteiger partial charge in [-0.2, -0.15) is 0 Å². The first kappa shape index (κ1) is 19.1. The molecule has 1 aliphatic heterocycles. The molecule has 24 heavy (non-hydrogen) atoms. The number of ether oxygens (including phenoxy) is 1. The van der Waals surface area contributed by atoms with E-state index in [1.807, 2.05) is 0 Å². The third-order valence-corrected chi connectivity index (χ3v) is 5.49. The summed E-state index contributed by atoms with van der Waals surface area (Å²) in [6.45, 7) is 8.54. The number of ketones is 1. The normalized spacial score (nSPS) is 22.5. The van der Waals surface area contributed by atoms with Gasteiger partial charge in [-0.25, -0.2) is 13.1 Å². The molecule has 0 aliphatic carbocycles. The van der Waals surface area contributed by atoms with Crippen molar-refractivity contribution in [3.8, 4) is 0 Å². The van der Waals surface area contributed by atoms with Crippen molar-refractivity contribution >= 4 is 15.8 Å². The van der Waals surface area contributed by atoms with Crippen molar-refractivity contribution in [2.45, 2.75) is 44.3 Å². The summed E-state index contributed by atoms with van der Waals surface area (Å²) in [5, 5.41) is 0. The minimum absolute atomic E-state index is 0.0825. The number of carbonyl (C=O) groups excluding carboxylic acids is 1. The van der Waals surface area contributed by atoms with Crippen molar-refractivity contribution in [3.63, 3.8) is 0 Å². The maximum absolute atomic E-state index is 12.2. The molecule has 0 radical (unpaired) electrons. The number of hydrogen-bond acceptors (Lipinski definition) is 5. The summed E-state index contributed by atoms with van der Waals surface area (Å²) in [4.78, 5) is 13.7. The molecule has 1 N–H and O–H groups in total. The Hall–Kier alpha value is -1.28. The van der Waals surface area contributed by atoms with Crippen LogP contribution in [0.25, 0.3) is 0 Å². The van der Waals surface area contributed by atoms with Crippen LogP contribution in [0.1, 0.15) is 37.6 Å². The maximum atomic E-state index is 12.2. The first-order valence-electron chi connectivity index (χ1n) is 8.26. The molecule has 1 heterocycles. The highest BCUT2D eigenvalue weighted by Gasteiger charge is 2.21. The van der Waals surface area contributed by atoms with Gasteiger partial charge in [-0.15, -0.1) is 0 Å². The Balaban J connectivity index is 1.81. The fourth-order valence-corrected chi connectivity index (χ4v) is 4.00. The van der Waals surface area contributed by atoms with Gasteiger partial charge in [0, 0.05) is 25.2 Å². The molecule has 0 aromatic heterocycles. The van der Waals surface area contributed by atoms with Crippen LogP contribution in [0.2, 0.25) is 0 Å². The van der Waals surface area contributed by atoms with Crippen LogP contribution < -0.4 is 4.72 Å². The number of sulfonamides is 1. The van der Waals surface area contributed by atoms with E-state index >= 15 is 0 Å². The highest BCUT2D eigenvalue weighted by Crippen LogP contribution is 2.12. The summed E-state index contributed by atoms with van der Waals surface area (Å²) in [6.07, 6.45) is 1.17. The van der Waals surface area contributed by atoms with Crippen LogP contribution in [0, 0.1) is 0 Å². The average molecular weight is 354 g/mol. The van der Waals surface area contributed by atoms with Crippen LogP contribution in [0.15, 0.2) is 29.2 Å². The molecular weight excluding hydrogens is 328 g/mol. The molecule has 2 atom stereocenters. The van der Waals surface area contributed by atoms with Gasteiger partial charge in [0.2, 0.25) is 10.0 Å². The Labute approximate surface area is 144 Å². The lowest BCUT2D eigenvalue weighted by atomic mass is 10.2. The quantitative estimate of drug-likeness (QED) is 0.595. The number of morpholine rings is 1. The van der Waals surface area contributed by atoms with Gasteiger partial charge < -0.3 is 4.74 Å². The first-order valence-corrected chi connectivity index (χ1v) is 9.75. The SMILES string of the molecule is CC(=O)c1ccc(S(=O)(=O)NCCCN2CC(C)OC(C)C2)cc1. The van der Waals surface area contributed by atoms with E-state index in [1.165, 1.54) is 31.2 Å². The van der Waals surface area contributed by atoms with E-state index in [0.717, 1.165) is 26.1 Å². The number of rotatable bonds is 7. The van der Waals surface area contributed by atoms with Crippen molar-refractivity contribution in [2.24, 2.45) is 0 Å². The van der Waals surface area contributed by atoms with E-state index in [9.17, 15) is 13.2 Å². The van der Waals surface area contributed by atoms with Crippen LogP contribution in [0.5, 0.6) is 0 Å². The summed E-state index contributed by atoms with van der Waals surface area (Å²) in [5.41, 5.74) is 0.504. The molecule has 2 rings (SSSR count). The molecule has 1 aromatic carbocycles. The summed E-state index contributed by atoms with van der Waals surface area (Å²) >= 11 is 0. The molecule has 0 spiro atoms. The molecular formula is C17H26N2O4S. The predicted octanol–water partition coefficient (Wildman–Crippen LogP) is 1.67. The van der Waals surface area contributed by atoms with E-state index < -0.39 is 10.0 Å². The monoisotopic (exact) mass is 354 g/mol. The summed E-state index contributed by atoms with van der Waals surface area (Å²) < 4.78 is 32.8. The van der Waals surface area contributed by atoms with E-state index in [4.69, 9.17) is 4.74 Å². The molecule has 0 amide bonds. The average Bonchev–Trinajstić information content (AvgIpc) is 2.51. The van der Waals surface area contributed by atoms with Crippen LogP contribution in [-0.2, 0) is 14.8 Å². The Morgan fingerprint density at radius 1 is 1.21 bits per heavy atom. The number of nitrogens with one attached hydrogen (secondary N) is 1. The van der Waals surface area contributed by atoms with Crippen molar-refractivity contribution in [1.29, 1.82) is 0 Å². The zero-order chi connectivity index (χ0) is 17.7. The molecule has 1 fully saturated rings. The Morgan fingerprint density at radius 2 is 1.79 bits per heavy atom. The van der Waals surface area contributed by atoms with Gasteiger partial charge in [0.05, 0.1) is 17.1 Å². The summed E-state index contributed by atoms with van der Waals surface area (Å²) in [6, 6.07) is 6.00. The molecule has 1 aliphatic rings. The second kappa shape index (κ2) is 8.20. The lowest BCUT2D eigenvalue weighted by molar-refractivity contribution is -0.0679. The zero-order valence-corrected chi connectivity index (χ0v) is 15.3. The molecule has 134 valence electrons. The van der Waals surface area contributed by atoms with E-state index in [2.05, 4.69) is 23.5 Å². The van der Waals surface area contributed by atoms with Gasteiger partial charge in [0.25, 0.3) is 0 Å². The molecule has 1 aromatic rings. The highest BCUT2D eigenvalue weighted by atomic mass is 32.2. The topological polar surface area (TPSA) is 75.7 Å². The fourth-order valence-electron chi connectivity index (χ4n) is 2.93. The van der Waals surface area contributed by atoms with E-state index in [-0.39, 0.29) is 22.9 Å². The second-order valence-electron chi connectivity index (χ2n) is 6.35. The molecule has 0 saturated carbocycles. The van der Waals surface area contributed by atoms with Gasteiger partial charge in [0.1, 0.15) is 0 Å². The maximum Gasteiger partial charge on any atom is 0.240 e. The van der Waals surface area contributed by atoms with Crippen molar-refractivity contribution < 1.29 is 17.9 Å². The zero-order valence-electron chi connectivity index (χ0n) is 14.5. The third kappa shape index (κ3) is 5.37. The van der Waals surface area contributed by atoms with Crippen LogP contribution in [0.3, 0.4) is 0 Å². The van der Waals surface area contributed by atoms with Crippen LogP contribution >= 0.6 is 0 Å². The predicted molar refractivity (Wildman–Crippen MR) is 92.7 cm³/mol. The molecule has 1 saturated heterocycles. The smallest absolute Gasteiger partial charge is 0.240 e. The van der Waals surface area contributed by atoms with E-state index in [1.54, 1.807) is 0 Å². The fraction of sp³-hybridized carbons (Fsp3) is 0.588. The van der Waals surface area contributed by atoms with Gasteiger partial charge in [0.15, 0.2) is 5.78 Å². The Bertz CT molecular complexity index is 648. The van der Waals surface area contributed by atoms with Gasteiger partial charge in [-0.3, -0.25) is 9.69 Å². The molecule has 7 heteroatoms. The third-order valence-electron chi connectivity index (χ3n) is 4.01. The van der Waals surface area contributed by atoms with E-state index in [0.29, 0.717) is 12.1 Å². The van der Waals surface area contributed by atoms with Crippen LogP contribution in [0.4, 0.5) is 0 Å². The minimum Gasteiger partial charge on any atom is -0.373 e. The van der Waals surface area contributed by atoms with Crippen LogP contribution in [-0.4, -0.2) is 57.5 Å². The van der Waals surface area contributed by atoms with Crippen molar-refractivity contribution in [3.05, 3.63) is 29.8 Å². The first-order chi connectivity index (χ1) is 11.3. The second-order valence-corrected chi connectivity index (χ2v) is 8.12. The highest BCUT2D eigenvalue weighted by molar-refractivity contribution is 7.89. The lowest BCUT2D eigenvalue weighted by Gasteiger charge is -2.35. The summed E-state index contributed by atoms with van der Waals surface area (Å²) in [7, 11) is -3.53. The van der Waals surface area contributed by atoms with Gasteiger partial charge in [-0.1, -0.05) is 12.1 Å². The molecule has 2 unspecified atom stereocenters. The number of carbonyl (C=O) groups is 1. The van der Waals surface area contributed by atoms with Gasteiger partial charge >= 0.3 is 0 Å². The largest absolute Gasteiger partial charge is 0.373 e. The Kier molecular flexibility index (Phi) is 6.51. The van der Waals surface area contributed by atoms with Crippen molar-refractivity contribution in [2.75, 3.05) is 26.2 Å². The number of hydrogen-bond donors (Lipinski definition) is 1. The minimum atomic E-state index is -3.53. The molecule has 0 bridgehead atoms. The van der Waals surface area contributed by atoms with Gasteiger partial charge in [-0.05, 0) is 45.9 Å². The number of benzene rings is 1. The summed E-state index contributed by atoms with van der Waals surface area (Å²) in [5.74, 6) is -0.0825. The standard InChI is InChI=1S/C17H26N2O4S/c1-13-11-19(12-14(2)23-13)10-4-9-18-24(21,22)17-7-5-16(6-8-17)15(3)20/h5-8,13-14,18H,4,9-12H2,1-3H3. The number of nitrogens with zero attached hydrogens (tertiary/aromatic N) is 1. The lowest BCUT2D eigenvalue weighted by Crippen LogP contribution is -2.46. The van der Waals surface area contributed by atoms with Crippen molar-refractivity contribution in [1.82, 2.24) is 9.62 Å². The Morgan fingerprint density at radius 3 is 2.33 bits per heavy atom. The molecule has 6 nitrogen and oxygen atoms in total.